The Morgan fingerprint density at radius 3 is 2.00 bits per heavy atom. The first-order chi connectivity index (χ1) is 10.00. The second-order valence-electron chi connectivity index (χ2n) is 9.58. The first kappa shape index (κ1) is 15.3. The molecular formula is C17H27F3N2. The molecular weight excluding hydrogens is 289 g/mol. The molecule has 0 aromatic heterocycles. The second kappa shape index (κ2) is 4.02. The number of hydrogen-bond acceptors (Lipinski definition) is 2. The summed E-state index contributed by atoms with van der Waals surface area (Å²) in [6.45, 7) is 9.24. The Morgan fingerprint density at radius 2 is 1.59 bits per heavy atom. The number of nitrogens with one attached hydrogen (secondary N) is 1. The number of hydrogen-bond donors (Lipinski definition) is 1. The molecule has 0 radical (unpaired) electrons. The van der Waals surface area contributed by atoms with Gasteiger partial charge >= 0.3 is 6.18 Å². The van der Waals surface area contributed by atoms with Gasteiger partial charge in [0.05, 0.1) is 5.41 Å². The minimum absolute atomic E-state index is 0.0585. The van der Waals surface area contributed by atoms with Crippen LogP contribution in [0.2, 0.25) is 0 Å². The van der Waals surface area contributed by atoms with Crippen LogP contribution in [0.25, 0.3) is 0 Å². The van der Waals surface area contributed by atoms with Crippen molar-refractivity contribution in [2.24, 2.45) is 16.7 Å². The lowest BCUT2D eigenvalue weighted by molar-refractivity contribution is -0.235. The summed E-state index contributed by atoms with van der Waals surface area (Å²) in [7, 11) is 0. The summed E-state index contributed by atoms with van der Waals surface area (Å²) in [4.78, 5) is 2.51. The van der Waals surface area contributed by atoms with E-state index in [0.717, 1.165) is 25.2 Å². The molecule has 0 amide bonds. The zero-order chi connectivity index (χ0) is 16.0. The predicted molar refractivity (Wildman–Crippen MR) is 79.6 cm³/mol. The summed E-state index contributed by atoms with van der Waals surface area (Å²) in [5, 5.41) is 3.31. The monoisotopic (exact) mass is 316 g/mol. The molecule has 1 saturated heterocycles. The van der Waals surface area contributed by atoms with Gasteiger partial charge in [-0.15, -0.1) is 0 Å². The minimum atomic E-state index is -4.03. The van der Waals surface area contributed by atoms with Crippen LogP contribution in [-0.4, -0.2) is 41.8 Å². The highest BCUT2D eigenvalue weighted by atomic mass is 19.4. The Bertz CT molecular complexity index is 461. The normalized spacial score (nSPS) is 40.6. The maximum Gasteiger partial charge on any atom is 0.395 e. The molecule has 0 spiro atoms. The maximum atomic E-state index is 13.0. The van der Waals surface area contributed by atoms with Gasteiger partial charge in [0.25, 0.3) is 0 Å². The molecule has 5 fully saturated rings. The molecule has 1 aliphatic heterocycles. The Hall–Kier alpha value is -0.290. The van der Waals surface area contributed by atoms with Crippen LogP contribution in [-0.2, 0) is 0 Å². The molecule has 0 aromatic carbocycles. The molecule has 5 aliphatic rings. The topological polar surface area (TPSA) is 15.3 Å². The van der Waals surface area contributed by atoms with Crippen molar-refractivity contribution < 1.29 is 13.2 Å². The Labute approximate surface area is 130 Å². The van der Waals surface area contributed by atoms with Crippen molar-refractivity contribution in [3.05, 3.63) is 0 Å². The van der Waals surface area contributed by atoms with Gasteiger partial charge in [-0.3, -0.25) is 4.90 Å². The smallest absolute Gasteiger partial charge is 0.310 e. The van der Waals surface area contributed by atoms with Gasteiger partial charge in [-0.05, 0) is 64.2 Å². The van der Waals surface area contributed by atoms with Crippen molar-refractivity contribution in [1.29, 1.82) is 0 Å². The average molecular weight is 316 g/mol. The molecule has 22 heavy (non-hydrogen) atoms. The van der Waals surface area contributed by atoms with Crippen LogP contribution in [0.3, 0.4) is 0 Å². The molecule has 5 heteroatoms. The Kier molecular flexibility index (Phi) is 2.79. The molecule has 1 N–H and O–H groups in total. The average Bonchev–Trinajstić information content (AvgIpc) is 2.93. The third-order valence-corrected chi connectivity index (χ3v) is 7.02. The minimum Gasteiger partial charge on any atom is -0.310 e. The molecule has 4 saturated carbocycles. The first-order valence-electron chi connectivity index (χ1n) is 8.56. The number of halogens is 3. The Balaban J connectivity index is 1.26. The molecule has 0 unspecified atom stereocenters. The number of likely N-dealkylation sites (tertiary alicyclic amines) is 1. The predicted octanol–water partition coefficient (Wildman–Crippen LogP) is 3.57. The largest absolute Gasteiger partial charge is 0.395 e. The fourth-order valence-electron chi connectivity index (χ4n) is 4.97. The van der Waals surface area contributed by atoms with Gasteiger partial charge in [-0.2, -0.15) is 13.2 Å². The van der Waals surface area contributed by atoms with Crippen LogP contribution < -0.4 is 5.32 Å². The molecule has 1 heterocycles. The maximum absolute atomic E-state index is 13.0. The van der Waals surface area contributed by atoms with E-state index in [9.17, 15) is 13.2 Å². The van der Waals surface area contributed by atoms with E-state index >= 15 is 0 Å². The second-order valence-corrected chi connectivity index (χ2v) is 9.58. The van der Waals surface area contributed by atoms with E-state index in [4.69, 9.17) is 0 Å². The number of alkyl halides is 3. The van der Waals surface area contributed by atoms with E-state index in [1.54, 1.807) is 0 Å². The highest BCUT2D eigenvalue weighted by Gasteiger charge is 2.72. The van der Waals surface area contributed by atoms with Gasteiger partial charge in [-0.25, -0.2) is 0 Å². The zero-order valence-electron chi connectivity index (χ0n) is 13.8. The summed E-state index contributed by atoms with van der Waals surface area (Å²) >= 11 is 0. The molecule has 2 bridgehead atoms. The summed E-state index contributed by atoms with van der Waals surface area (Å²) < 4.78 is 38.9. The number of rotatable bonds is 4. The van der Waals surface area contributed by atoms with Crippen molar-refractivity contribution in [2.75, 3.05) is 19.6 Å². The van der Waals surface area contributed by atoms with E-state index in [1.807, 2.05) is 0 Å². The van der Waals surface area contributed by atoms with Crippen molar-refractivity contribution in [3.63, 3.8) is 0 Å². The van der Waals surface area contributed by atoms with Crippen LogP contribution in [0.4, 0.5) is 13.2 Å². The van der Waals surface area contributed by atoms with Crippen molar-refractivity contribution in [1.82, 2.24) is 10.2 Å². The van der Waals surface area contributed by atoms with Crippen LogP contribution in [0, 0.1) is 16.7 Å². The quantitative estimate of drug-likeness (QED) is 0.853. The van der Waals surface area contributed by atoms with Crippen LogP contribution in [0.15, 0.2) is 0 Å². The van der Waals surface area contributed by atoms with Crippen molar-refractivity contribution in [2.45, 2.75) is 70.1 Å². The summed E-state index contributed by atoms with van der Waals surface area (Å²) in [6.07, 6.45) is -0.0755. The SMILES string of the molecule is CC(C)(C)N1CC(C23CC(NCC4(C(F)(F)F)CC4)(C2)C3)C1. The van der Waals surface area contributed by atoms with Gasteiger partial charge in [0.2, 0.25) is 0 Å². The van der Waals surface area contributed by atoms with Gasteiger partial charge in [0, 0.05) is 30.7 Å². The lowest BCUT2D eigenvalue weighted by atomic mass is 9.35. The van der Waals surface area contributed by atoms with Crippen LogP contribution in [0.1, 0.15) is 52.9 Å². The van der Waals surface area contributed by atoms with Crippen LogP contribution >= 0.6 is 0 Å². The van der Waals surface area contributed by atoms with E-state index in [0.29, 0.717) is 18.3 Å². The molecule has 0 aromatic rings. The first-order valence-corrected chi connectivity index (χ1v) is 8.56. The number of nitrogens with zero attached hydrogens (tertiary/aromatic N) is 1. The fourth-order valence-corrected chi connectivity index (χ4v) is 4.97. The van der Waals surface area contributed by atoms with E-state index in [1.165, 1.54) is 13.1 Å². The third-order valence-electron chi connectivity index (χ3n) is 7.02. The molecule has 126 valence electrons. The van der Waals surface area contributed by atoms with Gasteiger partial charge < -0.3 is 5.32 Å². The van der Waals surface area contributed by atoms with Crippen molar-refractivity contribution >= 4 is 0 Å². The van der Waals surface area contributed by atoms with Gasteiger partial charge in [-0.1, -0.05) is 0 Å². The Morgan fingerprint density at radius 1 is 1.05 bits per heavy atom. The summed E-state index contributed by atoms with van der Waals surface area (Å²) in [6, 6.07) is 0. The van der Waals surface area contributed by atoms with E-state index in [-0.39, 0.29) is 17.6 Å². The molecule has 4 aliphatic carbocycles. The fraction of sp³-hybridized carbons (Fsp3) is 1.00. The highest BCUT2D eigenvalue weighted by molar-refractivity contribution is 5.27. The lowest BCUT2D eigenvalue weighted by Crippen LogP contribution is -2.80. The summed E-state index contributed by atoms with van der Waals surface area (Å²) in [5.41, 5.74) is -0.622. The lowest BCUT2D eigenvalue weighted by Gasteiger charge is -2.76. The van der Waals surface area contributed by atoms with Crippen LogP contribution in [0.5, 0.6) is 0 Å². The highest BCUT2D eigenvalue weighted by Crippen LogP contribution is 2.72. The molecule has 0 atom stereocenters. The third kappa shape index (κ3) is 2.00. The van der Waals surface area contributed by atoms with Gasteiger partial charge in [0.1, 0.15) is 0 Å². The van der Waals surface area contributed by atoms with E-state index < -0.39 is 11.6 Å². The van der Waals surface area contributed by atoms with Crippen molar-refractivity contribution in [3.8, 4) is 0 Å². The summed E-state index contributed by atoms with van der Waals surface area (Å²) in [5.74, 6) is 0.771. The van der Waals surface area contributed by atoms with Gasteiger partial charge in [0.15, 0.2) is 0 Å². The standard InChI is InChI=1S/C17H27F3N2/c1-13(2,3)22-6-12(7-22)14-8-16(9-14,10-14)21-11-15(4-5-15)17(18,19)20/h12,21H,4-11H2,1-3H3. The van der Waals surface area contributed by atoms with E-state index in [2.05, 4.69) is 31.0 Å². The molecule has 5 rings (SSSR count). The molecule has 2 nitrogen and oxygen atoms in total. The zero-order valence-corrected chi connectivity index (χ0v) is 13.8.